The van der Waals surface area contributed by atoms with Crippen LogP contribution < -0.4 is 0 Å². The third-order valence-electron chi connectivity index (χ3n) is 0. The van der Waals surface area contributed by atoms with Crippen LogP contribution in [-0.4, -0.2) is 38.7 Å². The predicted octanol–water partition coefficient (Wildman–Crippen LogP) is -1.95. The summed E-state index contributed by atoms with van der Waals surface area (Å²) in [6.45, 7) is 0. The van der Waals surface area contributed by atoms with Gasteiger partial charge in [0, 0.05) is 35.6 Å². The zero-order valence-corrected chi connectivity index (χ0v) is 7.57. The molecule has 0 aromatic carbocycles. The SMILES string of the molecule is [GaH3].[La].[LiH].[O]=[Zr]. The number of hydrogen-bond donors (Lipinski definition) is 0. The van der Waals surface area contributed by atoms with Crippen molar-refractivity contribution in [3.63, 3.8) is 0 Å². The van der Waals surface area contributed by atoms with E-state index < -0.39 is 0 Å². The Morgan fingerprint density at radius 3 is 1.20 bits per heavy atom. The fourth-order valence-electron chi connectivity index (χ4n) is 0. The summed E-state index contributed by atoms with van der Waals surface area (Å²) >= 11 is 0.300. The minimum absolute atomic E-state index is 0. The van der Waals surface area contributed by atoms with Gasteiger partial charge in [0.15, 0.2) is 0 Å². The molecule has 0 rings (SSSR count). The summed E-state index contributed by atoms with van der Waals surface area (Å²) in [5, 5.41) is 0. The first kappa shape index (κ1) is 24.3. The van der Waals surface area contributed by atoms with E-state index in [2.05, 4.69) is 0 Å². The quantitative estimate of drug-likeness (QED) is 0.473. The van der Waals surface area contributed by atoms with E-state index in [9.17, 15) is 0 Å². The Morgan fingerprint density at radius 2 is 1.20 bits per heavy atom. The summed E-state index contributed by atoms with van der Waals surface area (Å²) < 4.78 is 8.34. The van der Waals surface area contributed by atoms with Crippen LogP contribution in [0.5, 0.6) is 0 Å². The zero-order valence-electron chi connectivity index (χ0n) is 1.49. The van der Waals surface area contributed by atoms with Gasteiger partial charge < -0.3 is 0 Å². The molecule has 0 fully saturated rings. The predicted molar refractivity (Wildman–Crippen MR) is 17.8 cm³/mol. The Morgan fingerprint density at radius 1 is 1.20 bits per heavy atom. The second-order valence-corrected chi connectivity index (χ2v) is 0. The molecule has 5 heteroatoms. The molecule has 0 amide bonds. The molecule has 0 saturated carbocycles. The number of rotatable bonds is 0. The van der Waals surface area contributed by atoms with Gasteiger partial charge in [0.1, 0.15) is 0 Å². The molecular formula is H4GaLaLiOZr. The van der Waals surface area contributed by atoms with Gasteiger partial charge in [-0.05, 0) is 0 Å². The molecule has 0 bridgehead atoms. The third-order valence-corrected chi connectivity index (χ3v) is 0. The summed E-state index contributed by atoms with van der Waals surface area (Å²) in [4.78, 5) is 0. The van der Waals surface area contributed by atoms with Crippen LogP contribution >= 0.6 is 0 Å². The van der Waals surface area contributed by atoms with Crippen LogP contribution in [0.3, 0.4) is 0 Å². The van der Waals surface area contributed by atoms with Gasteiger partial charge in [0.05, 0.1) is 0 Å². The molecule has 0 aromatic heterocycles. The van der Waals surface area contributed by atoms with Crippen LogP contribution in [0, 0.1) is 35.6 Å². The van der Waals surface area contributed by atoms with Gasteiger partial charge in [-0.15, -0.1) is 0 Å². The topological polar surface area (TPSA) is 17.1 Å². The fourth-order valence-corrected chi connectivity index (χ4v) is 0. The van der Waals surface area contributed by atoms with Crippen molar-refractivity contribution in [2.75, 3.05) is 0 Å². The fraction of sp³-hybridized carbons (Fsp3) is 0. The first-order chi connectivity index (χ1) is 1.00. The summed E-state index contributed by atoms with van der Waals surface area (Å²) in [5.41, 5.74) is 0. The molecule has 5 heavy (non-hydrogen) atoms. The Bertz CT molecular complexity index is 11.6. The van der Waals surface area contributed by atoms with Crippen LogP contribution in [0.4, 0.5) is 0 Å². The van der Waals surface area contributed by atoms with Gasteiger partial charge in [0.2, 0.25) is 0 Å². The molecule has 0 aromatic rings. The van der Waals surface area contributed by atoms with Crippen molar-refractivity contribution in [1.82, 2.24) is 0 Å². The molecule has 0 aliphatic heterocycles. The molecule has 0 aliphatic carbocycles. The summed E-state index contributed by atoms with van der Waals surface area (Å²) in [6.07, 6.45) is 0. The molecule has 0 heterocycles. The first-order valence-corrected chi connectivity index (χ1v) is 1.21. The van der Waals surface area contributed by atoms with Crippen molar-refractivity contribution >= 4 is 38.7 Å². The molecule has 0 saturated heterocycles. The van der Waals surface area contributed by atoms with Crippen LogP contribution in [0.1, 0.15) is 0 Å². The second kappa shape index (κ2) is 27.4. The van der Waals surface area contributed by atoms with Crippen molar-refractivity contribution in [3.05, 3.63) is 0 Å². The van der Waals surface area contributed by atoms with Gasteiger partial charge in [-0.1, -0.05) is 0 Å². The molecular weight excluding hydrogens is 323 g/mol. The molecule has 1 nitrogen and oxygen atoms in total. The van der Waals surface area contributed by atoms with E-state index in [1.807, 2.05) is 0 Å². The van der Waals surface area contributed by atoms with Crippen molar-refractivity contribution in [3.8, 4) is 0 Å². The van der Waals surface area contributed by atoms with E-state index in [-0.39, 0.29) is 74.2 Å². The van der Waals surface area contributed by atoms with E-state index in [4.69, 9.17) is 2.81 Å². The Hall–Kier alpha value is 3.11. The van der Waals surface area contributed by atoms with E-state index >= 15 is 0 Å². The van der Waals surface area contributed by atoms with Crippen LogP contribution in [0.2, 0.25) is 0 Å². The monoisotopic (exact) mass is 325 g/mol. The minimum atomic E-state index is 0. The van der Waals surface area contributed by atoms with Gasteiger partial charge in [0.25, 0.3) is 0 Å². The van der Waals surface area contributed by atoms with Crippen molar-refractivity contribution < 1.29 is 63.1 Å². The molecule has 0 spiro atoms. The maximum absolute atomic E-state index is 8.34. The molecule has 0 unspecified atom stereocenters. The average Bonchev–Trinajstić information content (AvgIpc) is 1.00. The van der Waals surface area contributed by atoms with Crippen LogP contribution in [0.15, 0.2) is 0 Å². The average molecular weight is 327 g/mol. The normalized spacial score (nSPS) is 0.600. The second-order valence-electron chi connectivity index (χ2n) is 0. The van der Waals surface area contributed by atoms with Gasteiger partial charge in [-0.3, -0.25) is 0 Å². The van der Waals surface area contributed by atoms with Gasteiger partial charge in [-0.2, -0.15) is 0 Å². The number of hydrogen-bond acceptors (Lipinski definition) is 1. The maximum atomic E-state index is 8.34. The van der Waals surface area contributed by atoms with Crippen LogP contribution in [0.25, 0.3) is 0 Å². The summed E-state index contributed by atoms with van der Waals surface area (Å²) in [6, 6.07) is 0. The third kappa shape index (κ3) is 19.2. The van der Waals surface area contributed by atoms with Gasteiger partial charge >= 0.3 is 66.2 Å². The first-order valence-electron chi connectivity index (χ1n) is 0.204. The Balaban J connectivity index is -0.00000000167. The summed E-state index contributed by atoms with van der Waals surface area (Å²) in [5.74, 6) is 0. The summed E-state index contributed by atoms with van der Waals surface area (Å²) in [7, 11) is 0. The van der Waals surface area contributed by atoms with E-state index in [0.717, 1.165) is 0 Å². The Kier molecular flexibility index (Phi) is 133. The molecule has 0 N–H and O–H groups in total. The van der Waals surface area contributed by atoms with E-state index in [0.29, 0.717) is 24.7 Å². The van der Waals surface area contributed by atoms with E-state index in [1.165, 1.54) is 0 Å². The van der Waals surface area contributed by atoms with E-state index in [1.54, 1.807) is 0 Å². The zero-order chi connectivity index (χ0) is 2.00. The standard InChI is InChI=1S/Ga.La.Li.O.Zr.4H. The van der Waals surface area contributed by atoms with Crippen molar-refractivity contribution in [1.29, 1.82) is 0 Å². The molecule has 21 valence electrons. The van der Waals surface area contributed by atoms with Gasteiger partial charge in [-0.25, -0.2) is 0 Å². The van der Waals surface area contributed by atoms with Crippen molar-refractivity contribution in [2.24, 2.45) is 0 Å². The van der Waals surface area contributed by atoms with Crippen molar-refractivity contribution in [2.45, 2.75) is 0 Å². The Labute approximate surface area is 99.5 Å². The molecule has 0 aliphatic rings. The molecule has 0 atom stereocenters. The molecule has 1 radical (unpaired) electrons. The van der Waals surface area contributed by atoms with Crippen LogP contribution in [-0.2, 0) is 27.5 Å².